The second kappa shape index (κ2) is 6.98. The Morgan fingerprint density at radius 3 is 2.70 bits per heavy atom. The van der Waals surface area contributed by atoms with E-state index < -0.39 is 0 Å². The fraction of sp³-hybridized carbons (Fsp3) is 0.188. The van der Waals surface area contributed by atoms with Crippen LogP contribution < -0.4 is 0 Å². The quantitative estimate of drug-likeness (QED) is 0.454. The predicted octanol–water partition coefficient (Wildman–Crippen LogP) is 4.68. The number of halogens is 1. The first-order valence-electron chi connectivity index (χ1n) is 6.95. The van der Waals surface area contributed by atoms with Gasteiger partial charge in [0.25, 0.3) is 0 Å². The van der Waals surface area contributed by atoms with Gasteiger partial charge in [0.1, 0.15) is 5.82 Å². The number of ketones is 1. The zero-order chi connectivity index (χ0) is 16.4. The van der Waals surface area contributed by atoms with Gasteiger partial charge in [0.15, 0.2) is 10.9 Å². The summed E-state index contributed by atoms with van der Waals surface area (Å²) >= 11 is 6.25. The Balaban J connectivity index is 1.82. The zero-order valence-electron chi connectivity index (χ0n) is 12.6. The van der Waals surface area contributed by atoms with Gasteiger partial charge in [0.2, 0.25) is 0 Å². The number of thiophene rings is 1. The number of hydrogen-bond acceptors (Lipinski definition) is 5. The lowest BCUT2D eigenvalue weighted by Crippen LogP contribution is -2.04. The van der Waals surface area contributed by atoms with Crippen molar-refractivity contribution in [1.82, 2.24) is 14.8 Å². The highest BCUT2D eigenvalue weighted by Crippen LogP contribution is 2.27. The number of para-hydroxylation sites is 1. The maximum Gasteiger partial charge on any atom is 0.196 e. The molecule has 3 aromatic rings. The molecule has 0 radical (unpaired) electrons. The summed E-state index contributed by atoms with van der Waals surface area (Å²) in [7, 11) is 0. The summed E-state index contributed by atoms with van der Waals surface area (Å²) in [5, 5.41) is 9.12. The summed E-state index contributed by atoms with van der Waals surface area (Å²) in [6, 6.07) is 11.8. The summed E-state index contributed by atoms with van der Waals surface area (Å²) < 4.78 is 2.96. The van der Waals surface area contributed by atoms with Crippen molar-refractivity contribution in [3.63, 3.8) is 0 Å². The number of thioether (sulfide) groups is 1. The zero-order valence-corrected chi connectivity index (χ0v) is 15.8. The minimum atomic E-state index is 0.0997. The molecule has 2 aromatic heterocycles. The Kier molecular flexibility index (Phi) is 4.99. The van der Waals surface area contributed by atoms with E-state index in [0.29, 0.717) is 5.75 Å². The number of Topliss-reactive ketones (excluding diaryl/α,β-unsaturated/α-hetero) is 1. The van der Waals surface area contributed by atoms with Crippen LogP contribution in [0.5, 0.6) is 0 Å². The fourth-order valence-corrected chi connectivity index (χ4v) is 4.48. The first-order chi connectivity index (χ1) is 11.1. The van der Waals surface area contributed by atoms with Crippen molar-refractivity contribution in [2.75, 3.05) is 5.75 Å². The van der Waals surface area contributed by atoms with Gasteiger partial charge in [0, 0.05) is 0 Å². The average molecular weight is 408 g/mol. The Hall–Kier alpha value is -1.44. The first-order valence-corrected chi connectivity index (χ1v) is 9.55. The van der Waals surface area contributed by atoms with E-state index in [9.17, 15) is 4.79 Å². The maximum absolute atomic E-state index is 12.3. The Morgan fingerprint density at radius 2 is 2.00 bits per heavy atom. The number of aryl methyl sites for hydroxylation is 2. The minimum Gasteiger partial charge on any atom is -0.292 e. The molecule has 0 aliphatic heterocycles. The number of carbonyl (C=O) groups is 1. The van der Waals surface area contributed by atoms with Crippen LogP contribution in [0.1, 0.15) is 21.1 Å². The second-order valence-electron chi connectivity index (χ2n) is 4.97. The Bertz CT molecular complexity index is 857. The van der Waals surface area contributed by atoms with Crippen molar-refractivity contribution in [2.24, 2.45) is 0 Å². The van der Waals surface area contributed by atoms with Gasteiger partial charge < -0.3 is 0 Å². The third-order valence-corrected chi connectivity index (χ3v) is 5.93. The molecule has 0 spiro atoms. The smallest absolute Gasteiger partial charge is 0.196 e. The molecule has 2 heterocycles. The molecule has 0 bridgehead atoms. The van der Waals surface area contributed by atoms with E-state index in [-0.39, 0.29) is 5.78 Å². The normalized spacial score (nSPS) is 10.9. The molecule has 0 saturated heterocycles. The van der Waals surface area contributed by atoms with Crippen LogP contribution in [0.3, 0.4) is 0 Å². The standard InChI is InChI=1S/C16H14BrN3OS2/c1-10-5-3-4-6-12(10)20-11(2)18-19-16(20)22-9-13(21)14-7-8-15(17)23-14/h3-8H,9H2,1-2H3. The molecule has 0 N–H and O–H groups in total. The number of aromatic nitrogens is 3. The lowest BCUT2D eigenvalue weighted by molar-refractivity contribution is 0.102. The summed E-state index contributed by atoms with van der Waals surface area (Å²) in [6.45, 7) is 3.97. The van der Waals surface area contributed by atoms with Gasteiger partial charge in [-0.1, -0.05) is 30.0 Å². The van der Waals surface area contributed by atoms with Crippen molar-refractivity contribution < 1.29 is 4.79 Å². The van der Waals surface area contributed by atoms with Gasteiger partial charge in [-0.05, 0) is 53.5 Å². The van der Waals surface area contributed by atoms with Crippen LogP contribution in [0.25, 0.3) is 5.69 Å². The minimum absolute atomic E-state index is 0.0997. The third kappa shape index (κ3) is 3.57. The topological polar surface area (TPSA) is 47.8 Å². The highest BCUT2D eigenvalue weighted by atomic mass is 79.9. The van der Waals surface area contributed by atoms with E-state index in [1.54, 1.807) is 0 Å². The average Bonchev–Trinajstić information content (AvgIpc) is 3.12. The summed E-state index contributed by atoms with van der Waals surface area (Å²) in [4.78, 5) is 13.0. The fourth-order valence-electron chi connectivity index (χ4n) is 2.19. The first kappa shape index (κ1) is 16.4. The number of rotatable bonds is 5. The SMILES string of the molecule is Cc1ccccc1-n1c(C)nnc1SCC(=O)c1ccc(Br)s1. The molecular weight excluding hydrogens is 394 g/mol. The van der Waals surface area contributed by atoms with Crippen LogP contribution in [0, 0.1) is 13.8 Å². The van der Waals surface area contributed by atoms with Crippen LogP contribution in [-0.4, -0.2) is 26.3 Å². The highest BCUT2D eigenvalue weighted by Gasteiger charge is 2.16. The van der Waals surface area contributed by atoms with Gasteiger partial charge in [-0.3, -0.25) is 9.36 Å². The van der Waals surface area contributed by atoms with Crippen LogP contribution in [0.4, 0.5) is 0 Å². The maximum atomic E-state index is 12.3. The molecule has 0 aliphatic rings. The molecule has 3 rings (SSSR count). The van der Waals surface area contributed by atoms with E-state index in [0.717, 1.165) is 30.9 Å². The molecule has 0 fully saturated rings. The van der Waals surface area contributed by atoms with Crippen molar-refractivity contribution in [3.8, 4) is 5.69 Å². The largest absolute Gasteiger partial charge is 0.292 e. The molecule has 0 unspecified atom stereocenters. The van der Waals surface area contributed by atoms with E-state index in [1.807, 2.05) is 41.8 Å². The molecule has 0 atom stereocenters. The van der Waals surface area contributed by atoms with E-state index in [2.05, 4.69) is 39.1 Å². The van der Waals surface area contributed by atoms with Gasteiger partial charge in [-0.15, -0.1) is 21.5 Å². The summed E-state index contributed by atoms with van der Waals surface area (Å²) in [6.07, 6.45) is 0. The molecule has 0 aliphatic carbocycles. The van der Waals surface area contributed by atoms with Crippen molar-refractivity contribution in [3.05, 3.63) is 56.4 Å². The highest BCUT2D eigenvalue weighted by molar-refractivity contribution is 9.11. The second-order valence-corrected chi connectivity index (χ2v) is 8.37. The lowest BCUT2D eigenvalue weighted by atomic mass is 10.2. The van der Waals surface area contributed by atoms with Crippen molar-refractivity contribution >= 4 is 44.8 Å². The molecule has 0 amide bonds. The molecule has 7 heteroatoms. The third-order valence-electron chi connectivity index (χ3n) is 3.33. The molecule has 1 aromatic carbocycles. The Morgan fingerprint density at radius 1 is 1.22 bits per heavy atom. The van der Waals surface area contributed by atoms with Crippen LogP contribution in [-0.2, 0) is 0 Å². The molecule has 23 heavy (non-hydrogen) atoms. The molecule has 118 valence electrons. The van der Waals surface area contributed by atoms with Crippen LogP contribution in [0.2, 0.25) is 0 Å². The van der Waals surface area contributed by atoms with Crippen LogP contribution in [0.15, 0.2) is 45.3 Å². The summed E-state index contributed by atoms with van der Waals surface area (Å²) in [5.41, 5.74) is 2.19. The van der Waals surface area contributed by atoms with Gasteiger partial charge in [-0.2, -0.15) is 0 Å². The lowest BCUT2D eigenvalue weighted by Gasteiger charge is -2.10. The van der Waals surface area contributed by atoms with Gasteiger partial charge in [0.05, 0.1) is 20.1 Å². The van der Waals surface area contributed by atoms with Gasteiger partial charge >= 0.3 is 0 Å². The van der Waals surface area contributed by atoms with E-state index >= 15 is 0 Å². The number of hydrogen-bond donors (Lipinski definition) is 0. The monoisotopic (exact) mass is 407 g/mol. The number of carbonyl (C=O) groups excluding carboxylic acids is 1. The number of benzene rings is 1. The summed E-state index contributed by atoms with van der Waals surface area (Å²) in [5.74, 6) is 1.26. The predicted molar refractivity (Wildman–Crippen MR) is 97.9 cm³/mol. The number of nitrogens with zero attached hydrogens (tertiary/aromatic N) is 3. The van der Waals surface area contributed by atoms with Crippen molar-refractivity contribution in [2.45, 2.75) is 19.0 Å². The Labute approximate surface area is 151 Å². The molecular formula is C16H14BrN3OS2. The van der Waals surface area contributed by atoms with E-state index in [1.165, 1.54) is 23.1 Å². The molecule has 4 nitrogen and oxygen atoms in total. The van der Waals surface area contributed by atoms with E-state index in [4.69, 9.17) is 0 Å². The van der Waals surface area contributed by atoms with Crippen molar-refractivity contribution in [1.29, 1.82) is 0 Å². The molecule has 0 saturated carbocycles. The van der Waals surface area contributed by atoms with Gasteiger partial charge in [-0.25, -0.2) is 0 Å². The van der Waals surface area contributed by atoms with Crippen LogP contribution >= 0.6 is 39.0 Å².